The molecule has 1 fully saturated rings. The molecular weight excluding hydrogens is 542 g/mol. The van der Waals surface area contributed by atoms with Crippen molar-refractivity contribution < 1.29 is 23.5 Å². The summed E-state index contributed by atoms with van der Waals surface area (Å²) in [6.45, 7) is 0.0543. The van der Waals surface area contributed by atoms with Crippen LogP contribution in [0.3, 0.4) is 0 Å². The number of carbonyl (C=O) groups is 3. The average molecular weight is 566 g/mol. The molecule has 0 saturated carbocycles. The van der Waals surface area contributed by atoms with Gasteiger partial charge in [0.25, 0.3) is 11.8 Å². The molecule has 9 heteroatoms. The van der Waals surface area contributed by atoms with E-state index in [0.717, 1.165) is 10.4 Å². The van der Waals surface area contributed by atoms with E-state index in [-0.39, 0.29) is 13.0 Å². The number of fused-ring (bicyclic) bond motifs is 1. The molecule has 1 atom stereocenters. The Balaban J connectivity index is 1.29. The maximum atomic E-state index is 13.8. The highest BCUT2D eigenvalue weighted by molar-refractivity contribution is 6.31. The Hall–Kier alpha value is -4.95. The van der Waals surface area contributed by atoms with Crippen LogP contribution in [0.4, 0.5) is 5.69 Å². The van der Waals surface area contributed by atoms with Crippen LogP contribution >= 0.6 is 11.6 Å². The number of amides is 3. The Morgan fingerprint density at radius 2 is 1.68 bits per heavy atom. The van der Waals surface area contributed by atoms with Crippen molar-refractivity contribution in [2.75, 3.05) is 12.0 Å². The first-order chi connectivity index (χ1) is 19.9. The molecule has 5 aromatic rings. The molecular formula is C32H24ClN3O5. The summed E-state index contributed by atoms with van der Waals surface area (Å²) in [7, 11) is 1.54. The number of hydrogen-bond donors (Lipinski definition) is 0. The third-order valence-corrected chi connectivity index (χ3v) is 7.43. The van der Waals surface area contributed by atoms with Crippen molar-refractivity contribution in [3.63, 3.8) is 0 Å². The molecule has 4 aromatic carbocycles. The number of rotatable bonds is 7. The summed E-state index contributed by atoms with van der Waals surface area (Å²) >= 11 is 6.42. The number of para-hydroxylation sites is 2. The summed E-state index contributed by atoms with van der Waals surface area (Å²) in [5.74, 6) is -0.254. The van der Waals surface area contributed by atoms with Crippen molar-refractivity contribution in [1.82, 2.24) is 9.88 Å². The van der Waals surface area contributed by atoms with Gasteiger partial charge in [-0.25, -0.2) is 9.88 Å². The monoisotopic (exact) mass is 565 g/mol. The Bertz CT molecular complexity index is 1730. The summed E-state index contributed by atoms with van der Waals surface area (Å²) in [4.78, 5) is 47.8. The fourth-order valence-corrected chi connectivity index (χ4v) is 5.11. The number of anilines is 1. The first-order valence-corrected chi connectivity index (χ1v) is 13.3. The van der Waals surface area contributed by atoms with Crippen molar-refractivity contribution >= 4 is 46.1 Å². The third-order valence-electron chi connectivity index (χ3n) is 7.06. The Kier molecular flexibility index (Phi) is 6.99. The molecule has 0 spiro atoms. The molecule has 0 bridgehead atoms. The second kappa shape index (κ2) is 10.9. The van der Waals surface area contributed by atoms with Crippen molar-refractivity contribution in [2.24, 2.45) is 0 Å². The fraction of sp³-hybridized carbons (Fsp3) is 0.125. The van der Waals surface area contributed by atoms with Crippen LogP contribution in [-0.2, 0) is 16.1 Å². The number of imide groups is 1. The number of nitrogens with zero attached hydrogens (tertiary/aromatic N) is 3. The van der Waals surface area contributed by atoms with Gasteiger partial charge in [0.15, 0.2) is 5.58 Å². The van der Waals surface area contributed by atoms with Crippen molar-refractivity contribution in [2.45, 2.75) is 19.0 Å². The zero-order valence-electron chi connectivity index (χ0n) is 22.0. The van der Waals surface area contributed by atoms with E-state index in [4.69, 9.17) is 20.8 Å². The van der Waals surface area contributed by atoms with Crippen LogP contribution in [0.25, 0.3) is 22.6 Å². The lowest BCUT2D eigenvalue weighted by molar-refractivity contribution is -0.122. The highest BCUT2D eigenvalue weighted by atomic mass is 35.5. The molecule has 0 N–H and O–H groups in total. The molecule has 0 radical (unpaired) electrons. The van der Waals surface area contributed by atoms with Crippen molar-refractivity contribution in [3.8, 4) is 17.2 Å². The van der Waals surface area contributed by atoms with Crippen LogP contribution in [-0.4, -0.2) is 40.8 Å². The second-order valence-corrected chi connectivity index (χ2v) is 9.98. The number of methoxy groups -OCH3 is 1. The van der Waals surface area contributed by atoms with Gasteiger partial charge in [0, 0.05) is 22.7 Å². The lowest BCUT2D eigenvalue weighted by Crippen LogP contribution is -2.45. The SMILES string of the molecule is COc1ccc(C(=O)N(Cc2ccccc2Cl)C2CC(=O)N(c3ccc(-c4nc5ccccc5o4)cc3)C2=O)cc1. The lowest BCUT2D eigenvalue weighted by Gasteiger charge is -2.28. The van der Waals surface area contributed by atoms with Gasteiger partial charge >= 0.3 is 0 Å². The largest absolute Gasteiger partial charge is 0.497 e. The molecule has 41 heavy (non-hydrogen) atoms. The molecule has 8 nitrogen and oxygen atoms in total. The van der Waals surface area contributed by atoms with Gasteiger partial charge < -0.3 is 14.1 Å². The fourth-order valence-electron chi connectivity index (χ4n) is 4.91. The number of hydrogen-bond acceptors (Lipinski definition) is 6. The molecule has 3 amide bonds. The minimum atomic E-state index is -1.01. The summed E-state index contributed by atoms with van der Waals surface area (Å²) < 4.78 is 11.0. The summed E-state index contributed by atoms with van der Waals surface area (Å²) in [5.41, 5.74) is 3.53. The van der Waals surface area contributed by atoms with E-state index in [0.29, 0.717) is 44.6 Å². The first-order valence-electron chi connectivity index (χ1n) is 12.9. The zero-order valence-corrected chi connectivity index (χ0v) is 22.7. The number of halogens is 1. The van der Waals surface area contributed by atoms with E-state index >= 15 is 0 Å². The van der Waals surface area contributed by atoms with Gasteiger partial charge in [0.05, 0.1) is 19.2 Å². The van der Waals surface area contributed by atoms with Crippen LogP contribution in [0.5, 0.6) is 5.75 Å². The van der Waals surface area contributed by atoms with Crippen LogP contribution in [0.2, 0.25) is 5.02 Å². The molecule has 6 rings (SSSR count). The quantitative estimate of drug-likeness (QED) is 0.220. The van der Waals surface area contributed by atoms with Gasteiger partial charge in [0.2, 0.25) is 11.8 Å². The van der Waals surface area contributed by atoms with Gasteiger partial charge in [-0.3, -0.25) is 14.4 Å². The smallest absolute Gasteiger partial charge is 0.257 e. The second-order valence-electron chi connectivity index (χ2n) is 9.57. The highest BCUT2D eigenvalue weighted by Crippen LogP contribution is 2.31. The Labute approximate surface area is 240 Å². The standard InChI is InChI=1S/C32H24ClN3O5/c1-40-24-16-12-21(13-17-24)31(38)35(19-22-6-2-3-7-25(22)33)27-18-29(37)36(32(27)39)23-14-10-20(11-15-23)30-34-26-8-4-5-9-28(26)41-30/h2-17,27H,18-19H2,1H3. The number of carbonyl (C=O) groups excluding carboxylic acids is 3. The van der Waals surface area contributed by atoms with Crippen LogP contribution in [0, 0.1) is 0 Å². The van der Waals surface area contributed by atoms with Gasteiger partial charge in [-0.2, -0.15) is 0 Å². The Morgan fingerprint density at radius 3 is 2.39 bits per heavy atom. The number of benzene rings is 4. The minimum absolute atomic E-state index is 0.0543. The number of aromatic nitrogens is 1. The summed E-state index contributed by atoms with van der Waals surface area (Å²) in [6, 6.07) is 27.0. The number of ether oxygens (including phenoxy) is 1. The van der Waals surface area contributed by atoms with E-state index in [1.54, 1.807) is 66.7 Å². The molecule has 1 saturated heterocycles. The van der Waals surface area contributed by atoms with Gasteiger partial charge in [-0.15, -0.1) is 0 Å². The van der Waals surface area contributed by atoms with Crippen molar-refractivity contribution in [1.29, 1.82) is 0 Å². The van der Waals surface area contributed by atoms with E-state index < -0.39 is 23.8 Å². The van der Waals surface area contributed by atoms with Crippen LogP contribution < -0.4 is 9.64 Å². The zero-order chi connectivity index (χ0) is 28.5. The normalized spacial score (nSPS) is 15.0. The third kappa shape index (κ3) is 5.05. The van der Waals surface area contributed by atoms with Gasteiger partial charge in [-0.1, -0.05) is 41.9 Å². The van der Waals surface area contributed by atoms with E-state index in [2.05, 4.69) is 4.98 Å². The Morgan fingerprint density at radius 1 is 0.976 bits per heavy atom. The molecule has 1 aromatic heterocycles. The first kappa shape index (κ1) is 26.3. The van der Waals surface area contributed by atoms with Crippen LogP contribution in [0.15, 0.2) is 101 Å². The van der Waals surface area contributed by atoms with E-state index in [1.165, 1.54) is 12.0 Å². The van der Waals surface area contributed by atoms with E-state index in [1.807, 2.05) is 30.3 Å². The molecule has 204 valence electrons. The topological polar surface area (TPSA) is 92.9 Å². The van der Waals surface area contributed by atoms with E-state index in [9.17, 15) is 14.4 Å². The summed E-state index contributed by atoms with van der Waals surface area (Å²) in [5, 5.41) is 0.462. The average Bonchev–Trinajstić information content (AvgIpc) is 3.56. The summed E-state index contributed by atoms with van der Waals surface area (Å²) in [6.07, 6.45) is -0.155. The molecule has 1 unspecified atom stereocenters. The lowest BCUT2D eigenvalue weighted by atomic mass is 10.1. The van der Waals surface area contributed by atoms with Crippen molar-refractivity contribution in [3.05, 3.63) is 113 Å². The van der Waals surface area contributed by atoms with Gasteiger partial charge in [-0.05, 0) is 72.3 Å². The number of oxazole rings is 1. The maximum absolute atomic E-state index is 13.8. The maximum Gasteiger partial charge on any atom is 0.257 e. The molecule has 1 aliphatic heterocycles. The predicted molar refractivity (Wildman–Crippen MR) is 155 cm³/mol. The van der Waals surface area contributed by atoms with Gasteiger partial charge in [0.1, 0.15) is 17.3 Å². The predicted octanol–water partition coefficient (Wildman–Crippen LogP) is 6.13. The van der Waals surface area contributed by atoms with Crippen LogP contribution in [0.1, 0.15) is 22.3 Å². The molecule has 0 aliphatic carbocycles. The molecule has 2 heterocycles. The molecule has 1 aliphatic rings. The highest BCUT2D eigenvalue weighted by Gasteiger charge is 2.44. The minimum Gasteiger partial charge on any atom is -0.497 e.